The van der Waals surface area contributed by atoms with Gasteiger partial charge < -0.3 is 10.6 Å². The summed E-state index contributed by atoms with van der Waals surface area (Å²) in [5.41, 5.74) is 6.33. The number of rotatable bonds is 7. The Hall–Kier alpha value is -0.660. The molecule has 1 aromatic carbocycles. The summed E-state index contributed by atoms with van der Waals surface area (Å²) < 4.78 is 27.2. The van der Waals surface area contributed by atoms with Gasteiger partial charge in [-0.2, -0.15) is 4.31 Å². The van der Waals surface area contributed by atoms with E-state index in [-0.39, 0.29) is 22.5 Å². The third kappa shape index (κ3) is 4.40. The Bertz CT molecular complexity index is 576. The zero-order valence-electron chi connectivity index (χ0n) is 13.0. The molecule has 1 rings (SSSR count). The molecular formula is C14H24ClN3O2S. The van der Waals surface area contributed by atoms with Gasteiger partial charge in [0.1, 0.15) is 4.90 Å². The number of hydrogen-bond donors (Lipinski definition) is 1. The van der Waals surface area contributed by atoms with Crippen LogP contribution in [0, 0.1) is 0 Å². The molecule has 0 heterocycles. The molecule has 21 heavy (non-hydrogen) atoms. The maximum absolute atomic E-state index is 12.9. The van der Waals surface area contributed by atoms with Crippen molar-refractivity contribution in [2.24, 2.45) is 5.73 Å². The maximum atomic E-state index is 12.9. The molecule has 0 aromatic heterocycles. The van der Waals surface area contributed by atoms with Gasteiger partial charge >= 0.3 is 0 Å². The molecule has 1 unspecified atom stereocenters. The molecule has 120 valence electrons. The minimum absolute atomic E-state index is 0.125. The first-order valence-corrected chi connectivity index (χ1v) is 8.70. The van der Waals surface area contributed by atoms with Crippen LogP contribution in [0.5, 0.6) is 0 Å². The van der Waals surface area contributed by atoms with E-state index < -0.39 is 10.0 Å². The Balaban J connectivity index is 3.24. The zero-order valence-corrected chi connectivity index (χ0v) is 14.6. The Morgan fingerprint density at radius 3 is 2.43 bits per heavy atom. The summed E-state index contributed by atoms with van der Waals surface area (Å²) >= 11 is 6.09. The molecule has 2 N–H and O–H groups in total. The van der Waals surface area contributed by atoms with E-state index in [9.17, 15) is 8.42 Å². The monoisotopic (exact) mass is 333 g/mol. The lowest BCUT2D eigenvalue weighted by Gasteiger charge is -2.29. The quantitative estimate of drug-likeness (QED) is 0.825. The Labute approximate surface area is 132 Å². The van der Waals surface area contributed by atoms with Crippen LogP contribution in [0.4, 0.5) is 0 Å². The van der Waals surface area contributed by atoms with Crippen molar-refractivity contribution in [3.8, 4) is 0 Å². The third-order valence-electron chi connectivity index (χ3n) is 3.25. The highest BCUT2D eigenvalue weighted by atomic mass is 35.5. The molecule has 0 bridgehead atoms. The van der Waals surface area contributed by atoms with Crippen LogP contribution in [-0.4, -0.2) is 50.8 Å². The molecule has 0 amide bonds. The summed E-state index contributed by atoms with van der Waals surface area (Å²) in [5, 5.41) is 0.225. The predicted octanol–water partition coefficient (Wildman–Crippen LogP) is 1.76. The van der Waals surface area contributed by atoms with Crippen LogP contribution < -0.4 is 5.73 Å². The third-order valence-corrected chi connectivity index (χ3v) is 5.82. The standard InChI is InChI=1S/C14H24ClN3O2S/c1-5-18(11(2)10-17(3)4)21(19,20)14-8-12(9-16)6-7-13(14)15/h6-8,11H,5,9-10,16H2,1-4H3. The smallest absolute Gasteiger partial charge is 0.244 e. The van der Waals surface area contributed by atoms with E-state index in [1.165, 1.54) is 4.31 Å². The number of sulfonamides is 1. The van der Waals surface area contributed by atoms with Gasteiger partial charge in [-0.25, -0.2) is 8.42 Å². The molecule has 0 aliphatic carbocycles. The highest BCUT2D eigenvalue weighted by Gasteiger charge is 2.29. The maximum Gasteiger partial charge on any atom is 0.244 e. The molecule has 0 fully saturated rings. The average Bonchev–Trinajstić information content (AvgIpc) is 2.38. The minimum Gasteiger partial charge on any atom is -0.326 e. The summed E-state index contributed by atoms with van der Waals surface area (Å²) in [4.78, 5) is 2.08. The summed E-state index contributed by atoms with van der Waals surface area (Å²) in [6, 6.07) is 4.73. The Morgan fingerprint density at radius 1 is 1.33 bits per heavy atom. The van der Waals surface area contributed by atoms with Gasteiger partial charge in [-0.05, 0) is 38.7 Å². The SMILES string of the molecule is CCN(C(C)CN(C)C)S(=O)(=O)c1cc(CN)ccc1Cl. The van der Waals surface area contributed by atoms with Gasteiger partial charge in [-0.1, -0.05) is 24.6 Å². The summed E-state index contributed by atoms with van der Waals surface area (Å²) in [6.45, 7) is 5.02. The largest absolute Gasteiger partial charge is 0.326 e. The van der Waals surface area contributed by atoms with Gasteiger partial charge in [-0.3, -0.25) is 0 Å². The lowest BCUT2D eigenvalue weighted by Crippen LogP contribution is -2.43. The molecule has 0 saturated carbocycles. The molecule has 0 radical (unpaired) electrons. The van der Waals surface area contributed by atoms with Crippen molar-refractivity contribution in [3.05, 3.63) is 28.8 Å². The number of nitrogens with zero attached hydrogens (tertiary/aromatic N) is 2. The van der Waals surface area contributed by atoms with E-state index >= 15 is 0 Å². The Morgan fingerprint density at radius 2 is 1.95 bits per heavy atom. The van der Waals surface area contributed by atoms with Gasteiger partial charge in [0, 0.05) is 25.7 Å². The predicted molar refractivity (Wildman–Crippen MR) is 86.9 cm³/mol. The van der Waals surface area contributed by atoms with E-state index in [0.717, 1.165) is 5.56 Å². The number of hydrogen-bond acceptors (Lipinski definition) is 4. The van der Waals surface area contributed by atoms with Crippen LogP contribution in [-0.2, 0) is 16.6 Å². The number of benzene rings is 1. The van der Waals surface area contributed by atoms with Gasteiger partial charge in [0.15, 0.2) is 0 Å². The fraction of sp³-hybridized carbons (Fsp3) is 0.571. The summed E-state index contributed by atoms with van der Waals surface area (Å²) in [5.74, 6) is 0. The lowest BCUT2D eigenvalue weighted by molar-refractivity contribution is 0.271. The molecule has 5 nitrogen and oxygen atoms in total. The first-order chi connectivity index (χ1) is 9.73. The minimum atomic E-state index is -3.64. The van der Waals surface area contributed by atoms with Crippen LogP contribution >= 0.6 is 11.6 Å². The zero-order chi connectivity index (χ0) is 16.2. The van der Waals surface area contributed by atoms with E-state index in [4.69, 9.17) is 17.3 Å². The molecule has 0 aliphatic heterocycles. The van der Waals surface area contributed by atoms with Crippen LogP contribution in [0.15, 0.2) is 23.1 Å². The second-order valence-electron chi connectivity index (χ2n) is 5.29. The van der Waals surface area contributed by atoms with Crippen molar-refractivity contribution >= 4 is 21.6 Å². The first kappa shape index (κ1) is 18.4. The highest BCUT2D eigenvalue weighted by Crippen LogP contribution is 2.27. The molecule has 1 atom stereocenters. The molecule has 7 heteroatoms. The van der Waals surface area contributed by atoms with Crippen LogP contribution in [0.3, 0.4) is 0 Å². The van der Waals surface area contributed by atoms with Gasteiger partial charge in [-0.15, -0.1) is 0 Å². The fourth-order valence-electron chi connectivity index (χ4n) is 2.34. The molecular weight excluding hydrogens is 310 g/mol. The second kappa shape index (κ2) is 7.56. The Kier molecular flexibility index (Phi) is 6.62. The van der Waals surface area contributed by atoms with Crippen LogP contribution in [0.1, 0.15) is 19.4 Å². The summed E-state index contributed by atoms with van der Waals surface area (Å²) in [6.07, 6.45) is 0. The molecule has 0 aliphatic rings. The molecule has 0 saturated heterocycles. The van der Waals surface area contributed by atoms with Crippen LogP contribution in [0.2, 0.25) is 5.02 Å². The average molecular weight is 334 g/mol. The second-order valence-corrected chi connectivity index (χ2v) is 7.55. The first-order valence-electron chi connectivity index (χ1n) is 6.89. The van der Waals surface area contributed by atoms with E-state index in [1.54, 1.807) is 18.2 Å². The summed E-state index contributed by atoms with van der Waals surface area (Å²) in [7, 11) is 0.191. The highest BCUT2D eigenvalue weighted by molar-refractivity contribution is 7.89. The fourth-order valence-corrected chi connectivity index (χ4v) is 4.49. The molecule has 1 aromatic rings. The van der Waals surface area contributed by atoms with Crippen molar-refractivity contribution in [2.75, 3.05) is 27.2 Å². The van der Waals surface area contributed by atoms with Gasteiger partial charge in [0.2, 0.25) is 10.0 Å². The van der Waals surface area contributed by atoms with E-state index in [1.807, 2.05) is 32.8 Å². The number of halogens is 1. The van der Waals surface area contributed by atoms with Gasteiger partial charge in [0.25, 0.3) is 0 Å². The van der Waals surface area contributed by atoms with Crippen molar-refractivity contribution in [1.29, 1.82) is 0 Å². The van der Waals surface area contributed by atoms with Crippen molar-refractivity contribution < 1.29 is 8.42 Å². The van der Waals surface area contributed by atoms with Crippen molar-refractivity contribution in [2.45, 2.75) is 31.3 Å². The number of nitrogens with two attached hydrogens (primary N) is 1. The van der Waals surface area contributed by atoms with Crippen LogP contribution in [0.25, 0.3) is 0 Å². The lowest BCUT2D eigenvalue weighted by atomic mass is 10.2. The van der Waals surface area contributed by atoms with Crippen molar-refractivity contribution in [1.82, 2.24) is 9.21 Å². The topological polar surface area (TPSA) is 66.6 Å². The van der Waals surface area contributed by atoms with E-state index in [0.29, 0.717) is 13.1 Å². The number of likely N-dealkylation sites (N-methyl/N-ethyl adjacent to an activating group) is 2. The normalized spacial score (nSPS) is 13.9. The van der Waals surface area contributed by atoms with Gasteiger partial charge in [0.05, 0.1) is 5.02 Å². The molecule has 0 spiro atoms. The van der Waals surface area contributed by atoms with E-state index in [2.05, 4.69) is 0 Å². The van der Waals surface area contributed by atoms with Crippen molar-refractivity contribution in [3.63, 3.8) is 0 Å².